The summed E-state index contributed by atoms with van der Waals surface area (Å²) in [6, 6.07) is 17.9. The molecule has 0 saturated carbocycles. The quantitative estimate of drug-likeness (QED) is 0.517. The van der Waals surface area contributed by atoms with Crippen LogP contribution in [-0.2, 0) is 4.79 Å². The first-order valence-electron chi connectivity index (χ1n) is 12.3. The number of carbonyl (C=O) groups excluding carboxylic acids is 3. The summed E-state index contributed by atoms with van der Waals surface area (Å²) < 4.78 is 0. The molecule has 8 heteroatoms. The van der Waals surface area contributed by atoms with Crippen LogP contribution >= 0.6 is 0 Å². The van der Waals surface area contributed by atoms with Gasteiger partial charge in [0.25, 0.3) is 11.8 Å². The fraction of sp³-hybridized carbons (Fsp3) is 0.321. The summed E-state index contributed by atoms with van der Waals surface area (Å²) >= 11 is 0. The largest absolute Gasteiger partial charge is 0.353 e. The highest BCUT2D eigenvalue weighted by Gasteiger charge is 2.45. The molecule has 1 fully saturated rings. The summed E-state index contributed by atoms with van der Waals surface area (Å²) in [7, 11) is 0. The van der Waals surface area contributed by atoms with Crippen molar-refractivity contribution in [1.29, 1.82) is 0 Å². The molecule has 1 saturated heterocycles. The molecule has 5 rings (SSSR count). The van der Waals surface area contributed by atoms with Crippen molar-refractivity contribution in [3.63, 3.8) is 0 Å². The first kappa shape index (κ1) is 23.7. The molecule has 0 aliphatic carbocycles. The Hall–Kier alpha value is -4.07. The molecule has 2 aromatic carbocycles. The third kappa shape index (κ3) is 4.23. The fourth-order valence-corrected chi connectivity index (χ4v) is 4.97. The maximum atomic E-state index is 13.6. The molecule has 1 aromatic heterocycles. The Morgan fingerprint density at radius 1 is 0.833 bits per heavy atom. The number of rotatable bonds is 5. The summed E-state index contributed by atoms with van der Waals surface area (Å²) in [5.41, 5.74) is 2.61. The number of fused-ring (bicyclic) bond motifs is 1. The highest BCUT2D eigenvalue weighted by molar-refractivity contribution is 6.22. The van der Waals surface area contributed by atoms with Crippen LogP contribution in [0, 0.1) is 12.8 Å². The Balaban J connectivity index is 1.32. The lowest BCUT2D eigenvalue weighted by Crippen LogP contribution is -2.57. The van der Waals surface area contributed by atoms with Crippen molar-refractivity contribution in [2.45, 2.75) is 26.8 Å². The summed E-state index contributed by atoms with van der Waals surface area (Å²) in [6.07, 6.45) is 0. The third-order valence-corrected chi connectivity index (χ3v) is 6.80. The van der Waals surface area contributed by atoms with Gasteiger partial charge in [0.05, 0.1) is 16.8 Å². The van der Waals surface area contributed by atoms with Gasteiger partial charge in [-0.15, -0.1) is 0 Å². The van der Waals surface area contributed by atoms with Crippen LogP contribution in [0.5, 0.6) is 0 Å². The molecule has 3 aromatic rings. The minimum absolute atomic E-state index is 0.192. The zero-order chi connectivity index (χ0) is 25.4. The number of piperazine rings is 1. The second-order valence-corrected chi connectivity index (χ2v) is 9.55. The minimum Gasteiger partial charge on any atom is -0.353 e. The number of benzene rings is 2. The predicted molar refractivity (Wildman–Crippen MR) is 137 cm³/mol. The van der Waals surface area contributed by atoms with Crippen LogP contribution < -0.4 is 4.90 Å². The lowest BCUT2D eigenvalue weighted by atomic mass is 10.0. The zero-order valence-corrected chi connectivity index (χ0v) is 20.7. The Morgan fingerprint density at radius 2 is 1.42 bits per heavy atom. The molecular formula is C28H29N5O3. The van der Waals surface area contributed by atoms with E-state index < -0.39 is 17.9 Å². The van der Waals surface area contributed by atoms with Gasteiger partial charge in [-0.2, -0.15) is 0 Å². The number of nitrogens with zero attached hydrogens (tertiary/aromatic N) is 5. The minimum atomic E-state index is -0.838. The molecule has 3 amide bonds. The van der Waals surface area contributed by atoms with Crippen molar-refractivity contribution >= 4 is 23.5 Å². The number of hydrogen-bond donors (Lipinski definition) is 0. The average Bonchev–Trinajstić information content (AvgIpc) is 3.14. The molecule has 36 heavy (non-hydrogen) atoms. The third-order valence-electron chi connectivity index (χ3n) is 6.80. The SMILES string of the molecule is Cc1nc(-c2ccccc2)cc(N2CCN(C(=O)C(C(C)C)N3C(=O)c4ccccc4C3=O)CC2)n1. The Morgan fingerprint density at radius 3 is 2.00 bits per heavy atom. The lowest BCUT2D eigenvalue weighted by molar-refractivity contribution is -0.137. The summed E-state index contributed by atoms with van der Waals surface area (Å²) in [6.45, 7) is 7.79. The van der Waals surface area contributed by atoms with Crippen molar-refractivity contribution in [3.05, 3.63) is 77.6 Å². The molecule has 0 radical (unpaired) electrons. The molecule has 2 aliphatic rings. The number of anilines is 1. The molecule has 0 spiro atoms. The maximum absolute atomic E-state index is 13.6. The predicted octanol–water partition coefficient (Wildman–Crippen LogP) is 3.42. The van der Waals surface area contributed by atoms with Gasteiger partial charge in [-0.3, -0.25) is 19.3 Å². The topological polar surface area (TPSA) is 86.7 Å². The van der Waals surface area contributed by atoms with Crippen LogP contribution in [0.1, 0.15) is 40.4 Å². The van der Waals surface area contributed by atoms with E-state index in [9.17, 15) is 14.4 Å². The average molecular weight is 484 g/mol. The van der Waals surface area contributed by atoms with Crippen LogP contribution in [-0.4, -0.2) is 69.7 Å². The van der Waals surface area contributed by atoms with Gasteiger partial charge in [0.2, 0.25) is 5.91 Å². The van der Waals surface area contributed by atoms with Crippen molar-refractivity contribution in [1.82, 2.24) is 19.8 Å². The van der Waals surface area contributed by atoms with Crippen molar-refractivity contribution in [2.24, 2.45) is 5.92 Å². The van der Waals surface area contributed by atoms with E-state index >= 15 is 0 Å². The van der Waals surface area contributed by atoms with E-state index in [1.807, 2.05) is 57.2 Å². The van der Waals surface area contributed by atoms with Crippen LogP contribution in [0.15, 0.2) is 60.7 Å². The molecule has 1 atom stereocenters. The molecule has 1 unspecified atom stereocenters. The van der Waals surface area contributed by atoms with Gasteiger partial charge in [0, 0.05) is 37.8 Å². The highest BCUT2D eigenvalue weighted by atomic mass is 16.2. The molecule has 184 valence electrons. The normalized spacial score (nSPS) is 16.5. The van der Waals surface area contributed by atoms with E-state index in [1.165, 1.54) is 0 Å². The molecule has 2 aliphatic heterocycles. The zero-order valence-electron chi connectivity index (χ0n) is 20.7. The van der Waals surface area contributed by atoms with E-state index in [0.717, 1.165) is 22.0 Å². The van der Waals surface area contributed by atoms with Gasteiger partial charge >= 0.3 is 0 Å². The van der Waals surface area contributed by atoms with Crippen LogP contribution in [0.25, 0.3) is 11.3 Å². The number of hydrogen-bond acceptors (Lipinski definition) is 6. The molecular weight excluding hydrogens is 454 g/mol. The van der Waals surface area contributed by atoms with Crippen molar-refractivity contribution in [3.8, 4) is 11.3 Å². The Bertz CT molecular complexity index is 1280. The highest BCUT2D eigenvalue weighted by Crippen LogP contribution is 2.29. The molecule has 0 N–H and O–H groups in total. The number of imide groups is 1. The second kappa shape index (κ2) is 9.53. The van der Waals surface area contributed by atoms with Crippen LogP contribution in [0.2, 0.25) is 0 Å². The summed E-state index contributed by atoms with van der Waals surface area (Å²) in [5.74, 6) is 0.320. The standard InChI is InChI=1S/C28H29N5O3/c1-18(2)25(33-26(34)21-11-7-8-12-22(21)27(33)35)28(36)32-15-13-31(14-16-32)24-17-23(29-19(3)30-24)20-9-5-4-6-10-20/h4-12,17-18,25H,13-16H2,1-3H3. The van der Waals surface area contributed by atoms with Gasteiger partial charge in [0.1, 0.15) is 17.7 Å². The molecule has 8 nitrogen and oxygen atoms in total. The first-order valence-corrected chi connectivity index (χ1v) is 12.3. The molecule has 0 bridgehead atoms. The fourth-order valence-electron chi connectivity index (χ4n) is 4.97. The van der Waals surface area contributed by atoms with E-state index in [2.05, 4.69) is 14.9 Å². The monoisotopic (exact) mass is 483 g/mol. The van der Waals surface area contributed by atoms with Gasteiger partial charge in [0.15, 0.2) is 0 Å². The molecule has 3 heterocycles. The van der Waals surface area contributed by atoms with Gasteiger partial charge in [-0.05, 0) is 25.0 Å². The summed E-state index contributed by atoms with van der Waals surface area (Å²) in [4.78, 5) is 54.1. The van der Waals surface area contributed by atoms with Crippen molar-refractivity contribution in [2.75, 3.05) is 31.1 Å². The van der Waals surface area contributed by atoms with E-state index in [0.29, 0.717) is 43.1 Å². The smallest absolute Gasteiger partial charge is 0.262 e. The number of carbonyl (C=O) groups is 3. The maximum Gasteiger partial charge on any atom is 0.262 e. The van der Waals surface area contributed by atoms with Gasteiger partial charge in [-0.25, -0.2) is 9.97 Å². The summed E-state index contributed by atoms with van der Waals surface area (Å²) in [5, 5.41) is 0. The van der Waals surface area contributed by atoms with Crippen molar-refractivity contribution < 1.29 is 14.4 Å². The number of aromatic nitrogens is 2. The number of aryl methyl sites for hydroxylation is 1. The van der Waals surface area contributed by atoms with Gasteiger partial charge < -0.3 is 9.80 Å². The van der Waals surface area contributed by atoms with Crippen LogP contribution in [0.4, 0.5) is 5.82 Å². The van der Waals surface area contributed by atoms with Crippen LogP contribution in [0.3, 0.4) is 0 Å². The Kier molecular flexibility index (Phi) is 6.26. The first-order chi connectivity index (χ1) is 17.3. The van der Waals surface area contributed by atoms with E-state index in [1.54, 1.807) is 29.2 Å². The Labute approximate surface area is 210 Å². The van der Waals surface area contributed by atoms with Gasteiger partial charge in [-0.1, -0.05) is 56.3 Å². The van der Waals surface area contributed by atoms with E-state index in [-0.39, 0.29) is 11.8 Å². The van der Waals surface area contributed by atoms with E-state index in [4.69, 9.17) is 0 Å². The second-order valence-electron chi connectivity index (χ2n) is 9.55. The number of amides is 3. The lowest BCUT2D eigenvalue weighted by Gasteiger charge is -2.39.